The Labute approximate surface area is 123 Å². The highest BCUT2D eigenvalue weighted by atomic mass is 32.2. The number of morpholine rings is 1. The van der Waals surface area contributed by atoms with Gasteiger partial charge in [-0.15, -0.1) is 0 Å². The maximum absolute atomic E-state index is 13.9. The van der Waals surface area contributed by atoms with Crippen molar-refractivity contribution in [2.45, 2.75) is 17.9 Å². The van der Waals surface area contributed by atoms with E-state index in [1.54, 1.807) is 6.92 Å². The van der Waals surface area contributed by atoms with Crippen LogP contribution in [0.15, 0.2) is 23.1 Å². The number of benzene rings is 1. The van der Waals surface area contributed by atoms with Gasteiger partial charge in [0.1, 0.15) is 12.4 Å². The smallest absolute Gasteiger partial charge is 0.243 e. The minimum atomic E-state index is -3.74. The number of rotatable bonds is 2. The highest BCUT2D eigenvalue weighted by molar-refractivity contribution is 7.89. The zero-order valence-corrected chi connectivity index (χ0v) is 12.4. The molecule has 1 saturated heterocycles. The van der Waals surface area contributed by atoms with Gasteiger partial charge in [0.2, 0.25) is 10.0 Å². The topological polar surface area (TPSA) is 66.8 Å². The average molecular weight is 313 g/mol. The summed E-state index contributed by atoms with van der Waals surface area (Å²) in [5.41, 5.74) is 0.0540. The molecule has 1 fully saturated rings. The van der Waals surface area contributed by atoms with Crippen LogP contribution in [0.2, 0.25) is 0 Å². The van der Waals surface area contributed by atoms with Crippen molar-refractivity contribution in [2.75, 3.05) is 26.3 Å². The molecular formula is C14H16FNO4S. The number of ether oxygens (including phenoxy) is 1. The molecule has 0 saturated carbocycles. The van der Waals surface area contributed by atoms with Crippen LogP contribution in [0, 0.1) is 17.7 Å². The standard InChI is InChI=1S/C14H16FNO4S/c1-11-10-16(6-8-20-11)21(18,19)13-5-4-12(3-2-7-17)14(15)9-13/h4-5,9,11,17H,6-8,10H2,1H3. The number of sulfonamides is 1. The van der Waals surface area contributed by atoms with Crippen LogP contribution >= 0.6 is 0 Å². The van der Waals surface area contributed by atoms with Gasteiger partial charge >= 0.3 is 0 Å². The van der Waals surface area contributed by atoms with E-state index in [1.807, 2.05) is 0 Å². The minimum absolute atomic E-state index is 0.0540. The van der Waals surface area contributed by atoms with Crippen molar-refractivity contribution in [3.8, 4) is 11.8 Å². The molecule has 1 unspecified atom stereocenters. The van der Waals surface area contributed by atoms with Gasteiger partial charge in [-0.1, -0.05) is 11.8 Å². The first-order valence-corrected chi connectivity index (χ1v) is 7.90. The summed E-state index contributed by atoms with van der Waals surface area (Å²) < 4.78 is 45.3. The second-order valence-corrected chi connectivity index (χ2v) is 6.58. The Balaban J connectivity index is 2.30. The highest BCUT2D eigenvalue weighted by Gasteiger charge is 2.29. The summed E-state index contributed by atoms with van der Waals surface area (Å²) in [7, 11) is -3.74. The van der Waals surface area contributed by atoms with Crippen LogP contribution in [0.4, 0.5) is 4.39 Å². The van der Waals surface area contributed by atoms with Crippen molar-refractivity contribution in [3.63, 3.8) is 0 Å². The summed E-state index contributed by atoms with van der Waals surface area (Å²) in [4.78, 5) is -0.108. The molecule has 1 aliphatic rings. The fourth-order valence-electron chi connectivity index (χ4n) is 2.05. The van der Waals surface area contributed by atoms with Crippen molar-refractivity contribution < 1.29 is 22.7 Å². The Hall–Kier alpha value is -1.46. The summed E-state index contributed by atoms with van der Waals surface area (Å²) in [5, 5.41) is 8.59. The monoisotopic (exact) mass is 313 g/mol. The van der Waals surface area contributed by atoms with Gasteiger partial charge in [0.25, 0.3) is 0 Å². The number of aliphatic hydroxyl groups is 1. The molecule has 0 spiro atoms. The van der Waals surface area contributed by atoms with Crippen molar-refractivity contribution in [2.24, 2.45) is 0 Å². The largest absolute Gasteiger partial charge is 0.384 e. The lowest BCUT2D eigenvalue weighted by Crippen LogP contribution is -2.44. The van der Waals surface area contributed by atoms with Gasteiger partial charge in [0.15, 0.2) is 0 Å². The van der Waals surface area contributed by atoms with Gasteiger partial charge in [-0.25, -0.2) is 12.8 Å². The van der Waals surface area contributed by atoms with E-state index in [0.29, 0.717) is 6.61 Å². The number of hydrogen-bond donors (Lipinski definition) is 1. The van der Waals surface area contributed by atoms with Crippen LogP contribution in [-0.2, 0) is 14.8 Å². The molecule has 0 aliphatic carbocycles. The molecule has 1 aliphatic heterocycles. The maximum Gasteiger partial charge on any atom is 0.243 e. The maximum atomic E-state index is 13.9. The molecule has 7 heteroatoms. The lowest BCUT2D eigenvalue weighted by Gasteiger charge is -2.30. The molecule has 1 heterocycles. The Morgan fingerprint density at radius 2 is 2.29 bits per heavy atom. The molecule has 5 nitrogen and oxygen atoms in total. The zero-order chi connectivity index (χ0) is 15.5. The number of hydrogen-bond acceptors (Lipinski definition) is 4. The zero-order valence-electron chi connectivity index (χ0n) is 11.5. The number of halogens is 1. The van der Waals surface area contributed by atoms with Gasteiger partial charge in [-0.05, 0) is 25.1 Å². The summed E-state index contributed by atoms with van der Waals surface area (Å²) in [6.45, 7) is 2.22. The van der Waals surface area contributed by atoms with E-state index >= 15 is 0 Å². The Bertz CT molecular complexity index is 678. The number of nitrogens with zero attached hydrogens (tertiary/aromatic N) is 1. The quantitative estimate of drug-likeness (QED) is 0.811. The van der Waals surface area contributed by atoms with Crippen LogP contribution in [0.1, 0.15) is 12.5 Å². The Morgan fingerprint density at radius 3 is 2.90 bits per heavy atom. The van der Waals surface area contributed by atoms with Crippen LogP contribution in [-0.4, -0.2) is 50.2 Å². The van der Waals surface area contributed by atoms with Gasteiger partial charge in [-0.3, -0.25) is 0 Å². The highest BCUT2D eigenvalue weighted by Crippen LogP contribution is 2.20. The third-order valence-electron chi connectivity index (χ3n) is 3.08. The van der Waals surface area contributed by atoms with Gasteiger partial charge in [-0.2, -0.15) is 4.31 Å². The van der Waals surface area contributed by atoms with Crippen molar-refractivity contribution in [3.05, 3.63) is 29.6 Å². The van der Waals surface area contributed by atoms with E-state index in [2.05, 4.69) is 11.8 Å². The van der Waals surface area contributed by atoms with E-state index in [4.69, 9.17) is 9.84 Å². The summed E-state index contributed by atoms with van der Waals surface area (Å²) >= 11 is 0. The second kappa shape index (κ2) is 6.54. The second-order valence-electron chi connectivity index (χ2n) is 4.65. The molecule has 21 heavy (non-hydrogen) atoms. The van der Waals surface area contributed by atoms with E-state index in [1.165, 1.54) is 16.4 Å². The Kier molecular flexibility index (Phi) is 4.96. The first kappa shape index (κ1) is 15.9. The first-order valence-electron chi connectivity index (χ1n) is 6.46. The fourth-order valence-corrected chi connectivity index (χ4v) is 3.56. The average Bonchev–Trinajstić information content (AvgIpc) is 2.46. The van der Waals surface area contributed by atoms with Crippen LogP contribution in [0.3, 0.4) is 0 Å². The molecule has 1 aromatic carbocycles. The predicted octanol–water partition coefficient (Wildman–Crippen LogP) is 0.579. The van der Waals surface area contributed by atoms with E-state index in [-0.39, 0.29) is 36.3 Å². The number of aliphatic hydroxyl groups excluding tert-OH is 1. The Morgan fingerprint density at radius 1 is 1.52 bits per heavy atom. The molecule has 114 valence electrons. The molecule has 1 atom stereocenters. The normalized spacial score (nSPS) is 19.9. The van der Waals surface area contributed by atoms with Crippen molar-refractivity contribution in [1.29, 1.82) is 0 Å². The summed E-state index contributed by atoms with van der Waals surface area (Å²) in [6.07, 6.45) is -0.187. The molecular weight excluding hydrogens is 297 g/mol. The fraction of sp³-hybridized carbons (Fsp3) is 0.429. The summed E-state index contributed by atoms with van der Waals surface area (Å²) in [5.74, 6) is 4.02. The molecule has 1 aromatic rings. The SMILES string of the molecule is CC1CN(S(=O)(=O)c2ccc(C#CCO)c(F)c2)CCO1. The third kappa shape index (κ3) is 3.60. The summed E-state index contributed by atoms with van der Waals surface area (Å²) in [6, 6.07) is 3.57. The molecule has 1 N–H and O–H groups in total. The van der Waals surface area contributed by atoms with Crippen molar-refractivity contribution >= 4 is 10.0 Å². The lowest BCUT2D eigenvalue weighted by molar-refractivity contribution is 0.0102. The van der Waals surface area contributed by atoms with Gasteiger partial charge in [0.05, 0.1) is 23.2 Å². The van der Waals surface area contributed by atoms with E-state index in [9.17, 15) is 12.8 Å². The van der Waals surface area contributed by atoms with Gasteiger partial charge < -0.3 is 9.84 Å². The van der Waals surface area contributed by atoms with Gasteiger partial charge in [0, 0.05) is 13.1 Å². The molecule has 0 aromatic heterocycles. The van der Waals surface area contributed by atoms with Crippen LogP contribution < -0.4 is 0 Å². The van der Waals surface area contributed by atoms with Crippen LogP contribution in [0.25, 0.3) is 0 Å². The molecule has 0 bridgehead atoms. The minimum Gasteiger partial charge on any atom is -0.384 e. The lowest BCUT2D eigenvalue weighted by atomic mass is 10.2. The third-order valence-corrected chi connectivity index (χ3v) is 4.95. The van der Waals surface area contributed by atoms with E-state index in [0.717, 1.165) is 6.07 Å². The van der Waals surface area contributed by atoms with E-state index < -0.39 is 15.8 Å². The molecule has 0 amide bonds. The predicted molar refractivity (Wildman–Crippen MR) is 74.5 cm³/mol. The van der Waals surface area contributed by atoms with Crippen molar-refractivity contribution in [1.82, 2.24) is 4.31 Å². The molecule has 2 rings (SSSR count). The first-order chi connectivity index (χ1) is 9.95. The molecule has 0 radical (unpaired) electrons. The van der Waals surface area contributed by atoms with Crippen LogP contribution in [0.5, 0.6) is 0 Å².